The highest BCUT2D eigenvalue weighted by molar-refractivity contribution is 7.89. The van der Waals surface area contributed by atoms with E-state index in [4.69, 9.17) is 9.47 Å². The molecule has 0 radical (unpaired) electrons. The van der Waals surface area contributed by atoms with Crippen molar-refractivity contribution in [3.63, 3.8) is 0 Å². The van der Waals surface area contributed by atoms with Crippen LogP contribution in [-0.2, 0) is 14.8 Å². The number of aryl methyl sites for hydroxylation is 1. The number of anilines is 1. The maximum atomic E-state index is 12.3. The topological polar surface area (TPSA) is 93.7 Å². The van der Waals surface area contributed by atoms with Crippen molar-refractivity contribution >= 4 is 21.6 Å². The predicted octanol–water partition coefficient (Wildman–Crippen LogP) is 3.49. The Morgan fingerprint density at radius 3 is 2.48 bits per heavy atom. The summed E-state index contributed by atoms with van der Waals surface area (Å²) in [6, 6.07) is 11.7. The Hall–Kier alpha value is -2.58. The van der Waals surface area contributed by atoms with Gasteiger partial charge >= 0.3 is 0 Å². The number of unbranched alkanes of at least 4 members (excludes halogenated alkanes) is 1. The highest BCUT2D eigenvalue weighted by Crippen LogP contribution is 2.29. The Kier molecular flexibility index (Phi) is 8.48. The number of carbonyl (C=O) groups is 1. The van der Waals surface area contributed by atoms with Crippen molar-refractivity contribution < 1.29 is 22.7 Å². The molecule has 2 aromatic carbocycles. The van der Waals surface area contributed by atoms with Crippen molar-refractivity contribution in [2.45, 2.75) is 38.0 Å². The van der Waals surface area contributed by atoms with Crippen LogP contribution in [0.5, 0.6) is 11.5 Å². The first-order valence-electron chi connectivity index (χ1n) is 9.52. The zero-order valence-electron chi connectivity index (χ0n) is 17.0. The van der Waals surface area contributed by atoms with Gasteiger partial charge in [0.25, 0.3) is 0 Å². The summed E-state index contributed by atoms with van der Waals surface area (Å²) in [6.45, 7) is 4.48. The lowest BCUT2D eigenvalue weighted by atomic mass is 10.2. The summed E-state index contributed by atoms with van der Waals surface area (Å²) in [5.74, 6) is 0.807. The highest BCUT2D eigenvalue weighted by atomic mass is 32.2. The van der Waals surface area contributed by atoms with Crippen LogP contribution in [-0.4, -0.2) is 34.6 Å². The molecule has 0 bridgehead atoms. The average molecular weight is 421 g/mol. The standard InChI is InChI=1S/C21H28N2O5S/c1-4-5-14-28-20-11-8-17(27-3)15-19(20)23-21(24)12-13-22-29(25,26)18-9-6-16(2)7-10-18/h6-11,15,22H,4-5,12-14H2,1-3H3,(H,23,24). The molecule has 0 atom stereocenters. The first-order valence-corrected chi connectivity index (χ1v) is 11.0. The second-order valence-corrected chi connectivity index (χ2v) is 8.34. The van der Waals surface area contributed by atoms with Gasteiger partial charge in [0.1, 0.15) is 11.5 Å². The van der Waals surface area contributed by atoms with Crippen LogP contribution in [0.3, 0.4) is 0 Å². The second-order valence-electron chi connectivity index (χ2n) is 6.57. The van der Waals surface area contributed by atoms with Gasteiger partial charge in [0.2, 0.25) is 15.9 Å². The number of amides is 1. The molecule has 0 heterocycles. The van der Waals surface area contributed by atoms with Crippen LogP contribution in [0, 0.1) is 6.92 Å². The van der Waals surface area contributed by atoms with E-state index in [0.29, 0.717) is 23.8 Å². The van der Waals surface area contributed by atoms with E-state index in [1.165, 1.54) is 12.1 Å². The van der Waals surface area contributed by atoms with Crippen molar-refractivity contribution in [2.75, 3.05) is 25.6 Å². The number of carbonyl (C=O) groups excluding carboxylic acids is 1. The fourth-order valence-electron chi connectivity index (χ4n) is 2.50. The molecule has 2 N–H and O–H groups in total. The number of nitrogens with one attached hydrogen (secondary N) is 2. The van der Waals surface area contributed by atoms with E-state index in [-0.39, 0.29) is 23.8 Å². The number of hydrogen-bond acceptors (Lipinski definition) is 5. The van der Waals surface area contributed by atoms with E-state index in [1.807, 2.05) is 6.92 Å². The lowest BCUT2D eigenvalue weighted by Gasteiger charge is -2.14. The molecule has 1 amide bonds. The average Bonchev–Trinajstić information content (AvgIpc) is 2.69. The Balaban J connectivity index is 1.95. The Morgan fingerprint density at radius 1 is 1.10 bits per heavy atom. The van der Waals surface area contributed by atoms with Crippen molar-refractivity contribution in [3.05, 3.63) is 48.0 Å². The molecule has 0 aliphatic heterocycles. The SMILES string of the molecule is CCCCOc1ccc(OC)cc1NC(=O)CCNS(=O)(=O)c1ccc(C)cc1. The molecule has 0 aliphatic carbocycles. The van der Waals surface area contributed by atoms with Crippen molar-refractivity contribution in [2.24, 2.45) is 0 Å². The predicted molar refractivity (Wildman–Crippen MR) is 113 cm³/mol. The Labute approximate surface area is 172 Å². The molecular formula is C21H28N2O5S. The lowest BCUT2D eigenvalue weighted by molar-refractivity contribution is -0.116. The van der Waals surface area contributed by atoms with Crippen LogP contribution in [0.25, 0.3) is 0 Å². The fraction of sp³-hybridized carbons (Fsp3) is 0.381. The largest absolute Gasteiger partial charge is 0.497 e. The molecule has 158 valence electrons. The molecule has 0 saturated carbocycles. The van der Waals surface area contributed by atoms with Gasteiger partial charge in [-0.1, -0.05) is 31.0 Å². The van der Waals surface area contributed by atoms with Crippen LogP contribution in [0.1, 0.15) is 31.7 Å². The Morgan fingerprint density at radius 2 is 1.83 bits per heavy atom. The maximum Gasteiger partial charge on any atom is 0.240 e. The number of rotatable bonds is 11. The molecular weight excluding hydrogens is 392 g/mol. The quantitative estimate of drug-likeness (QED) is 0.543. The summed E-state index contributed by atoms with van der Waals surface area (Å²) in [6.07, 6.45) is 1.88. The number of benzene rings is 2. The number of methoxy groups -OCH3 is 1. The number of sulfonamides is 1. The van der Waals surface area contributed by atoms with E-state index in [2.05, 4.69) is 17.0 Å². The van der Waals surface area contributed by atoms with Crippen LogP contribution in [0.4, 0.5) is 5.69 Å². The van der Waals surface area contributed by atoms with Crippen LogP contribution in [0.2, 0.25) is 0 Å². The van der Waals surface area contributed by atoms with Crippen molar-refractivity contribution in [3.8, 4) is 11.5 Å². The third kappa shape index (κ3) is 7.07. The molecule has 2 rings (SSSR count). The van der Waals surface area contributed by atoms with E-state index in [1.54, 1.807) is 37.4 Å². The number of hydrogen-bond donors (Lipinski definition) is 2. The second kappa shape index (κ2) is 10.8. The molecule has 8 heteroatoms. The molecule has 0 saturated heterocycles. The minimum atomic E-state index is -3.65. The smallest absolute Gasteiger partial charge is 0.240 e. The third-order valence-corrected chi connectivity index (χ3v) is 5.67. The molecule has 2 aromatic rings. The zero-order chi connectivity index (χ0) is 21.3. The molecule has 0 spiro atoms. The van der Waals surface area contributed by atoms with Gasteiger partial charge in [0.15, 0.2) is 0 Å². The van der Waals surface area contributed by atoms with Gasteiger partial charge in [-0.05, 0) is 37.6 Å². The fourth-order valence-corrected chi connectivity index (χ4v) is 3.53. The van der Waals surface area contributed by atoms with Gasteiger partial charge in [-0.2, -0.15) is 0 Å². The normalized spacial score (nSPS) is 11.1. The molecule has 0 unspecified atom stereocenters. The van der Waals surface area contributed by atoms with Gasteiger partial charge in [-0.25, -0.2) is 13.1 Å². The van der Waals surface area contributed by atoms with Crippen LogP contribution in [0.15, 0.2) is 47.4 Å². The van der Waals surface area contributed by atoms with E-state index < -0.39 is 10.0 Å². The summed E-state index contributed by atoms with van der Waals surface area (Å²) in [5.41, 5.74) is 1.46. The van der Waals surface area contributed by atoms with E-state index in [0.717, 1.165) is 18.4 Å². The minimum absolute atomic E-state index is 0.0158. The monoisotopic (exact) mass is 420 g/mol. The first kappa shape index (κ1) is 22.7. The first-order chi connectivity index (χ1) is 13.9. The van der Waals surface area contributed by atoms with Gasteiger partial charge < -0.3 is 14.8 Å². The molecule has 7 nitrogen and oxygen atoms in total. The van der Waals surface area contributed by atoms with Crippen molar-refractivity contribution in [1.29, 1.82) is 0 Å². The maximum absolute atomic E-state index is 12.3. The summed E-state index contributed by atoms with van der Waals surface area (Å²) >= 11 is 0. The summed E-state index contributed by atoms with van der Waals surface area (Å²) in [5, 5.41) is 2.77. The summed E-state index contributed by atoms with van der Waals surface area (Å²) in [4.78, 5) is 12.5. The van der Waals surface area contributed by atoms with E-state index in [9.17, 15) is 13.2 Å². The van der Waals surface area contributed by atoms with Gasteiger partial charge in [0.05, 0.1) is 24.3 Å². The van der Waals surface area contributed by atoms with Crippen LogP contribution < -0.4 is 19.5 Å². The molecule has 29 heavy (non-hydrogen) atoms. The number of ether oxygens (including phenoxy) is 2. The minimum Gasteiger partial charge on any atom is -0.497 e. The molecule has 0 aliphatic rings. The molecule has 0 fully saturated rings. The molecule has 0 aromatic heterocycles. The highest BCUT2D eigenvalue weighted by Gasteiger charge is 2.15. The zero-order valence-corrected chi connectivity index (χ0v) is 17.8. The van der Waals surface area contributed by atoms with E-state index >= 15 is 0 Å². The summed E-state index contributed by atoms with van der Waals surface area (Å²) < 4.78 is 37.9. The van der Waals surface area contributed by atoms with Gasteiger partial charge in [-0.15, -0.1) is 0 Å². The lowest BCUT2D eigenvalue weighted by Crippen LogP contribution is -2.28. The third-order valence-electron chi connectivity index (χ3n) is 4.19. The van der Waals surface area contributed by atoms with Gasteiger partial charge in [-0.3, -0.25) is 4.79 Å². The summed E-state index contributed by atoms with van der Waals surface area (Å²) in [7, 11) is -2.11. The van der Waals surface area contributed by atoms with Gasteiger partial charge in [0, 0.05) is 19.0 Å². The van der Waals surface area contributed by atoms with Crippen LogP contribution >= 0.6 is 0 Å². The van der Waals surface area contributed by atoms with Crippen molar-refractivity contribution in [1.82, 2.24) is 4.72 Å². The Bertz CT molecular complexity index is 911.